The van der Waals surface area contributed by atoms with Crippen molar-refractivity contribution >= 4 is 61.1 Å². The summed E-state index contributed by atoms with van der Waals surface area (Å²) in [5.74, 6) is -3.58. The third kappa shape index (κ3) is 7.21. The molecule has 17 nitrogen and oxygen atoms in total. The summed E-state index contributed by atoms with van der Waals surface area (Å²) in [6, 6.07) is 8.97. The molecule has 0 bridgehead atoms. The second-order valence-corrected chi connectivity index (χ2v) is 19.6. The summed E-state index contributed by atoms with van der Waals surface area (Å²) in [7, 11) is -1.03. The minimum Gasteiger partial charge on any atom is -0.451 e. The molecular weight excluding hydrogens is 858 g/mol. The van der Waals surface area contributed by atoms with Crippen molar-refractivity contribution in [1.29, 1.82) is 0 Å². The number of rotatable bonds is 10. The van der Waals surface area contributed by atoms with Gasteiger partial charge in [-0.1, -0.05) is 6.92 Å². The van der Waals surface area contributed by atoms with Crippen molar-refractivity contribution in [2.24, 2.45) is 12.5 Å². The van der Waals surface area contributed by atoms with E-state index in [-0.39, 0.29) is 65.0 Å². The zero-order valence-electron chi connectivity index (χ0n) is 35.4. The first-order valence-electron chi connectivity index (χ1n) is 21.4. The molecule has 21 heteroatoms. The zero-order chi connectivity index (χ0) is 44.9. The predicted molar refractivity (Wildman–Crippen MR) is 230 cm³/mol. The van der Waals surface area contributed by atoms with Crippen LogP contribution >= 0.6 is 0 Å². The number of aromatic nitrogens is 4. The number of amides is 3. The maximum absolute atomic E-state index is 15.7. The fourth-order valence-electron chi connectivity index (χ4n) is 10.1. The van der Waals surface area contributed by atoms with Crippen LogP contribution in [0.5, 0.6) is 11.5 Å². The van der Waals surface area contributed by atoms with Gasteiger partial charge in [0.15, 0.2) is 17.5 Å². The highest BCUT2D eigenvalue weighted by molar-refractivity contribution is 7.90. The number of anilines is 3. The molecule has 0 radical (unpaired) electrons. The molecule has 5 aliphatic rings. The number of fused-ring (bicyclic) bond motifs is 2. The number of imide groups is 1. The molecule has 3 amide bonds. The Bertz CT molecular complexity index is 2910. The number of hydrogen-bond acceptors (Lipinski definition) is 11. The molecule has 338 valence electrons. The maximum Gasteiger partial charge on any atom is 0.329 e. The fourth-order valence-corrected chi connectivity index (χ4v) is 11.1. The Morgan fingerprint density at radius 2 is 1.73 bits per heavy atom. The van der Waals surface area contributed by atoms with Crippen LogP contribution in [0.3, 0.4) is 0 Å². The van der Waals surface area contributed by atoms with Gasteiger partial charge in [-0.3, -0.25) is 33.8 Å². The van der Waals surface area contributed by atoms with E-state index in [0.29, 0.717) is 47.0 Å². The number of halogens is 3. The van der Waals surface area contributed by atoms with Crippen molar-refractivity contribution < 1.29 is 40.7 Å². The van der Waals surface area contributed by atoms with E-state index in [1.165, 1.54) is 42.5 Å². The number of likely N-dealkylation sites (tertiary alicyclic amines) is 1. The molecule has 4 saturated heterocycles. The summed E-state index contributed by atoms with van der Waals surface area (Å²) in [6.45, 7) is 5.44. The van der Waals surface area contributed by atoms with Crippen molar-refractivity contribution in [2.75, 3.05) is 67.4 Å². The number of benzene rings is 3. The van der Waals surface area contributed by atoms with Crippen molar-refractivity contribution in [3.63, 3.8) is 0 Å². The molecule has 4 aliphatic heterocycles. The van der Waals surface area contributed by atoms with Crippen LogP contribution in [0.2, 0.25) is 0 Å². The van der Waals surface area contributed by atoms with Crippen LogP contribution in [-0.2, 0) is 26.8 Å². The van der Waals surface area contributed by atoms with Gasteiger partial charge in [0.2, 0.25) is 11.7 Å². The van der Waals surface area contributed by atoms with Gasteiger partial charge in [0, 0.05) is 76.6 Å². The first-order valence-corrected chi connectivity index (χ1v) is 22.8. The van der Waals surface area contributed by atoms with Crippen LogP contribution in [0, 0.1) is 22.9 Å². The Kier molecular flexibility index (Phi) is 10.2. The third-order valence-electron chi connectivity index (χ3n) is 13.9. The number of piperidine rings is 1. The summed E-state index contributed by atoms with van der Waals surface area (Å²) in [5, 5.41) is 7.50. The lowest BCUT2D eigenvalue weighted by Crippen LogP contribution is -2.67. The van der Waals surface area contributed by atoms with E-state index in [9.17, 15) is 27.2 Å². The Hall–Kier alpha value is -5.77. The van der Waals surface area contributed by atoms with E-state index in [1.807, 2.05) is 0 Å². The van der Waals surface area contributed by atoms with E-state index < -0.39 is 39.3 Å². The molecule has 10 rings (SSSR count). The van der Waals surface area contributed by atoms with Gasteiger partial charge in [0.25, 0.3) is 5.56 Å². The van der Waals surface area contributed by atoms with Crippen LogP contribution in [0.25, 0.3) is 21.8 Å². The van der Waals surface area contributed by atoms with Crippen LogP contribution in [0.1, 0.15) is 51.5 Å². The number of aryl methyl sites for hydroxylation is 1. The molecule has 2 spiro atoms. The zero-order valence-corrected chi connectivity index (χ0v) is 36.3. The average molecular weight is 905 g/mol. The van der Waals surface area contributed by atoms with Crippen LogP contribution in [-0.4, -0.2) is 113 Å². The molecule has 6 heterocycles. The molecule has 1 atom stereocenters. The Morgan fingerprint density at radius 3 is 2.47 bits per heavy atom. The SMILES string of the molecule is CCN(C)S(=O)(=O)Nc1ccc(F)c(Oc2ccc3ncn(C4COC5(CCN(C6CC7(C6)CN(c6cc8c(cc6F)c(N6CCC(=O)NC6=O)nn8C)C7)CC5)C4)c(=O)c3c2)c1F. The van der Waals surface area contributed by atoms with E-state index in [2.05, 4.69) is 29.9 Å². The average Bonchev–Trinajstić information content (AvgIpc) is 3.79. The first-order chi connectivity index (χ1) is 30.5. The number of nitrogens with zero attached hydrogens (tertiary/aromatic N) is 8. The van der Waals surface area contributed by atoms with Crippen molar-refractivity contribution in [3.8, 4) is 11.5 Å². The number of urea groups is 1. The summed E-state index contributed by atoms with van der Waals surface area (Å²) >= 11 is 0. The molecule has 1 unspecified atom stereocenters. The largest absolute Gasteiger partial charge is 0.451 e. The van der Waals surface area contributed by atoms with Crippen molar-refractivity contribution in [2.45, 2.75) is 63.1 Å². The lowest BCUT2D eigenvalue weighted by molar-refractivity contribution is -0.120. The molecule has 5 fully saturated rings. The number of hydrogen-bond donors (Lipinski definition) is 2. The molecule has 3 aromatic carbocycles. The number of carbonyl (C=O) groups is 2. The highest BCUT2D eigenvalue weighted by atomic mass is 32.2. The summed E-state index contributed by atoms with van der Waals surface area (Å²) in [6.07, 6.45) is 5.93. The van der Waals surface area contributed by atoms with Gasteiger partial charge in [0.1, 0.15) is 11.6 Å². The van der Waals surface area contributed by atoms with Crippen molar-refractivity contribution in [1.82, 2.24) is 33.9 Å². The number of nitrogens with one attached hydrogen (secondary N) is 2. The van der Waals surface area contributed by atoms with Gasteiger partial charge in [0.05, 0.1) is 52.4 Å². The van der Waals surface area contributed by atoms with E-state index in [4.69, 9.17) is 9.47 Å². The van der Waals surface area contributed by atoms with Crippen LogP contribution in [0.15, 0.2) is 53.6 Å². The monoisotopic (exact) mass is 904 g/mol. The fraction of sp³-hybridized carbons (Fsp3) is 0.465. The molecule has 5 aromatic rings. The summed E-state index contributed by atoms with van der Waals surface area (Å²) in [4.78, 5) is 48.6. The highest BCUT2D eigenvalue weighted by Crippen LogP contribution is 2.53. The highest BCUT2D eigenvalue weighted by Gasteiger charge is 2.55. The van der Waals surface area contributed by atoms with Gasteiger partial charge in [-0.2, -0.15) is 17.8 Å². The predicted octanol–water partition coefficient (Wildman–Crippen LogP) is 5.01. The van der Waals surface area contributed by atoms with E-state index in [1.54, 1.807) is 29.3 Å². The van der Waals surface area contributed by atoms with Gasteiger partial charge in [-0.15, -0.1) is 0 Å². The third-order valence-corrected chi connectivity index (χ3v) is 15.4. The topological polar surface area (TPSA) is 176 Å². The Morgan fingerprint density at radius 1 is 0.969 bits per heavy atom. The molecule has 1 aliphatic carbocycles. The van der Waals surface area contributed by atoms with Gasteiger partial charge in [-0.05, 0) is 74.6 Å². The lowest BCUT2D eigenvalue weighted by Gasteiger charge is -2.62. The smallest absolute Gasteiger partial charge is 0.329 e. The normalized spacial score (nSPS) is 21.3. The minimum atomic E-state index is -4.10. The Labute approximate surface area is 365 Å². The van der Waals surface area contributed by atoms with Gasteiger partial charge >= 0.3 is 16.2 Å². The molecule has 2 N–H and O–H groups in total. The number of carbonyl (C=O) groups excluding carboxylic acids is 2. The standard InChI is InChI=1S/C43H47F3N10O7S/c1-4-51(2)64(60,61)50-33-8-6-30(44)38(37(33)46)63-27-5-7-32-28(15-27)40(58)56(24-47-32)26-20-43(62-21-26)10-13-53(14-11-43)25-18-42(19-25)22-54(23-42)35-17-34-29(16-31(35)45)39(49-52(34)3)55-12-9-36(57)48-41(55)59/h5-8,15-17,24-26,50H,4,9-14,18-23H2,1-3H3,(H,48,57,59). The van der Waals surface area contributed by atoms with E-state index >= 15 is 8.78 Å². The number of ether oxygens (including phenoxy) is 2. The lowest BCUT2D eigenvalue weighted by atomic mass is 9.59. The van der Waals surface area contributed by atoms with Crippen molar-refractivity contribution in [3.05, 3.63) is 76.6 Å². The molecule has 1 saturated carbocycles. The molecule has 64 heavy (non-hydrogen) atoms. The Balaban J connectivity index is 0.752. The second kappa shape index (κ2) is 15.4. The first kappa shape index (κ1) is 42.2. The van der Waals surface area contributed by atoms with Gasteiger partial charge in [-0.25, -0.2) is 22.9 Å². The summed E-state index contributed by atoms with van der Waals surface area (Å²) < 4.78 is 89.3. The molecular formula is C43H47F3N10O7S. The van der Waals surface area contributed by atoms with Crippen LogP contribution < -0.4 is 30.1 Å². The van der Waals surface area contributed by atoms with E-state index in [0.717, 1.165) is 68.3 Å². The quantitative estimate of drug-likeness (QED) is 0.193. The summed E-state index contributed by atoms with van der Waals surface area (Å²) in [5.41, 5.74) is 0.459. The second-order valence-electron chi connectivity index (χ2n) is 17.8. The van der Waals surface area contributed by atoms with Crippen LogP contribution in [0.4, 0.5) is 35.2 Å². The molecule has 2 aromatic heterocycles. The maximum atomic E-state index is 15.7. The minimum absolute atomic E-state index is 0.0366. The van der Waals surface area contributed by atoms with Gasteiger partial charge < -0.3 is 19.3 Å².